The Morgan fingerprint density at radius 2 is 1.85 bits per heavy atom. The van der Waals surface area contributed by atoms with E-state index in [9.17, 15) is 18.0 Å². The van der Waals surface area contributed by atoms with Crippen LogP contribution in [0.1, 0.15) is 5.56 Å². The normalized spacial score (nSPS) is 15.6. The molecule has 1 saturated heterocycles. The van der Waals surface area contributed by atoms with Gasteiger partial charge in [-0.15, -0.1) is 10.2 Å². The van der Waals surface area contributed by atoms with Crippen molar-refractivity contribution >= 4 is 17.5 Å². The number of nitrogens with zero attached hydrogens (tertiary/aromatic N) is 5. The molecule has 1 aromatic heterocycles. The molecule has 26 heavy (non-hydrogen) atoms. The first-order chi connectivity index (χ1) is 12.4. The van der Waals surface area contributed by atoms with Gasteiger partial charge in [0.2, 0.25) is 11.9 Å². The van der Waals surface area contributed by atoms with Crippen LogP contribution in [0.2, 0.25) is 0 Å². The van der Waals surface area contributed by atoms with Crippen LogP contribution in [-0.4, -0.2) is 46.7 Å². The maximum absolute atomic E-state index is 12.5. The Balaban J connectivity index is 1.66. The molecule has 1 amide bonds. The summed E-state index contributed by atoms with van der Waals surface area (Å²) in [6.07, 6.45) is -1.32. The third kappa shape index (κ3) is 4.45. The summed E-state index contributed by atoms with van der Waals surface area (Å²) in [6.45, 7) is 2.15. The number of aromatic nitrogens is 2. The van der Waals surface area contributed by atoms with Crippen molar-refractivity contribution in [2.45, 2.75) is 12.7 Å². The molecule has 1 aromatic carbocycles. The Hall–Kier alpha value is -2.75. The van der Waals surface area contributed by atoms with E-state index in [0.717, 1.165) is 12.1 Å². The molecule has 3 rings (SSSR count). The number of imidazole rings is 1. The molecule has 0 unspecified atom stereocenters. The van der Waals surface area contributed by atoms with Crippen molar-refractivity contribution in [3.05, 3.63) is 42.2 Å². The number of rotatable bonds is 4. The number of alkyl halides is 3. The largest absolute Gasteiger partial charge is 0.416 e. The molecule has 0 aliphatic carbocycles. The van der Waals surface area contributed by atoms with Crippen LogP contribution >= 0.6 is 0 Å². The van der Waals surface area contributed by atoms with Gasteiger partial charge >= 0.3 is 6.18 Å². The van der Waals surface area contributed by atoms with E-state index in [1.165, 1.54) is 22.9 Å². The number of carbonyl (C=O) groups excluding carboxylic acids is 1. The zero-order chi connectivity index (χ0) is 18.6. The van der Waals surface area contributed by atoms with Gasteiger partial charge < -0.3 is 14.2 Å². The zero-order valence-corrected chi connectivity index (χ0v) is 13.7. The fraction of sp³-hybridized carbons (Fsp3) is 0.375. The Bertz CT molecular complexity index is 780. The molecule has 2 heterocycles. The molecule has 1 aliphatic heterocycles. The highest BCUT2D eigenvalue weighted by Gasteiger charge is 2.29. The van der Waals surface area contributed by atoms with Crippen molar-refractivity contribution in [3.63, 3.8) is 0 Å². The second-order valence-electron chi connectivity index (χ2n) is 5.59. The number of ether oxygens (including phenoxy) is 1. The van der Waals surface area contributed by atoms with E-state index in [2.05, 4.69) is 15.2 Å². The molecule has 0 bridgehead atoms. The third-order valence-corrected chi connectivity index (χ3v) is 3.81. The average Bonchev–Trinajstić information content (AvgIpc) is 3.07. The van der Waals surface area contributed by atoms with Crippen LogP contribution in [0.3, 0.4) is 0 Å². The summed E-state index contributed by atoms with van der Waals surface area (Å²) in [7, 11) is 0. The van der Waals surface area contributed by atoms with Crippen LogP contribution in [0, 0.1) is 0 Å². The number of azo groups is 1. The summed E-state index contributed by atoms with van der Waals surface area (Å²) in [6, 6.07) is 4.31. The zero-order valence-electron chi connectivity index (χ0n) is 13.7. The van der Waals surface area contributed by atoms with E-state index in [-0.39, 0.29) is 24.1 Å². The molecule has 0 spiro atoms. The first kappa shape index (κ1) is 18.1. The van der Waals surface area contributed by atoms with Gasteiger partial charge in [-0.05, 0) is 24.3 Å². The highest BCUT2D eigenvalue weighted by Crippen LogP contribution is 2.30. The maximum atomic E-state index is 12.5. The third-order valence-electron chi connectivity index (χ3n) is 3.81. The monoisotopic (exact) mass is 367 g/mol. The lowest BCUT2D eigenvalue weighted by molar-refractivity contribution is -0.137. The first-order valence-electron chi connectivity index (χ1n) is 7.89. The highest BCUT2D eigenvalue weighted by molar-refractivity contribution is 5.76. The van der Waals surface area contributed by atoms with Gasteiger partial charge in [0.15, 0.2) is 0 Å². The van der Waals surface area contributed by atoms with Gasteiger partial charge in [-0.2, -0.15) is 13.2 Å². The second kappa shape index (κ2) is 7.65. The predicted molar refractivity (Wildman–Crippen MR) is 85.2 cm³/mol. The van der Waals surface area contributed by atoms with Crippen molar-refractivity contribution in [2.24, 2.45) is 10.2 Å². The number of benzene rings is 1. The Morgan fingerprint density at radius 1 is 1.15 bits per heavy atom. The van der Waals surface area contributed by atoms with Gasteiger partial charge in [0, 0.05) is 25.5 Å². The molecule has 0 N–H and O–H groups in total. The highest BCUT2D eigenvalue weighted by atomic mass is 19.4. The number of hydrogen-bond donors (Lipinski definition) is 0. The summed E-state index contributed by atoms with van der Waals surface area (Å²) in [5.41, 5.74) is -0.499. The van der Waals surface area contributed by atoms with Gasteiger partial charge in [-0.1, -0.05) is 0 Å². The van der Waals surface area contributed by atoms with E-state index < -0.39 is 11.7 Å². The van der Waals surface area contributed by atoms with Gasteiger partial charge in [-0.3, -0.25) is 4.79 Å². The maximum Gasteiger partial charge on any atom is 0.416 e. The molecule has 0 atom stereocenters. The molecular formula is C16H16F3N5O2. The first-order valence-corrected chi connectivity index (χ1v) is 7.89. The molecule has 7 nitrogen and oxygen atoms in total. The van der Waals surface area contributed by atoms with E-state index in [1.54, 1.807) is 11.1 Å². The minimum atomic E-state index is -4.40. The van der Waals surface area contributed by atoms with Gasteiger partial charge in [0.05, 0.1) is 24.5 Å². The fourth-order valence-corrected chi connectivity index (χ4v) is 2.41. The molecule has 0 radical (unpaired) electrons. The molecule has 0 saturated carbocycles. The summed E-state index contributed by atoms with van der Waals surface area (Å²) in [5.74, 6) is 0.115. The number of carbonyl (C=O) groups is 1. The summed E-state index contributed by atoms with van der Waals surface area (Å²) in [5, 5.41) is 7.81. The van der Waals surface area contributed by atoms with Gasteiger partial charge in [0.25, 0.3) is 0 Å². The van der Waals surface area contributed by atoms with Crippen molar-refractivity contribution < 1.29 is 22.7 Å². The average molecular weight is 367 g/mol. The lowest BCUT2D eigenvalue weighted by atomic mass is 10.2. The molecule has 1 fully saturated rings. The molecule has 10 heteroatoms. The van der Waals surface area contributed by atoms with Gasteiger partial charge in [-0.25, -0.2) is 4.98 Å². The van der Waals surface area contributed by atoms with Crippen molar-refractivity contribution in [2.75, 3.05) is 26.3 Å². The standard InChI is InChI=1S/C16H16F3N5O2/c17-16(18,19)12-1-3-13(4-2-12)21-22-15-20-5-6-24(15)11-14(25)23-7-9-26-10-8-23/h1-6H,7-11H2. The molecule has 1 aliphatic rings. The Morgan fingerprint density at radius 3 is 2.50 bits per heavy atom. The van der Waals surface area contributed by atoms with E-state index in [0.29, 0.717) is 26.3 Å². The Labute approximate surface area is 147 Å². The Kier molecular flexibility index (Phi) is 5.31. The van der Waals surface area contributed by atoms with E-state index in [4.69, 9.17) is 4.74 Å². The number of halogens is 3. The quantitative estimate of drug-likeness (QED) is 0.779. The van der Waals surface area contributed by atoms with E-state index >= 15 is 0 Å². The predicted octanol–water partition coefficient (Wildman–Crippen LogP) is 3.18. The molecule has 2 aromatic rings. The fourth-order valence-electron chi connectivity index (χ4n) is 2.41. The number of hydrogen-bond acceptors (Lipinski definition) is 5. The van der Waals surface area contributed by atoms with Crippen molar-refractivity contribution in [3.8, 4) is 0 Å². The minimum Gasteiger partial charge on any atom is -0.378 e. The number of amides is 1. The van der Waals surface area contributed by atoms with E-state index in [1.807, 2.05) is 0 Å². The SMILES string of the molecule is O=C(Cn1ccnc1N=Nc1ccc(C(F)(F)F)cc1)N1CCOCC1. The van der Waals surface area contributed by atoms with Crippen LogP contribution in [0.4, 0.5) is 24.8 Å². The van der Waals surface area contributed by atoms with Crippen LogP contribution in [0.25, 0.3) is 0 Å². The second-order valence-corrected chi connectivity index (χ2v) is 5.59. The summed E-state index contributed by atoms with van der Waals surface area (Å²) >= 11 is 0. The minimum absolute atomic E-state index is 0.0569. The molecule has 138 valence electrons. The lowest BCUT2D eigenvalue weighted by Crippen LogP contribution is -2.42. The van der Waals surface area contributed by atoms with Crippen LogP contribution in [0.15, 0.2) is 46.9 Å². The topological polar surface area (TPSA) is 72.1 Å². The smallest absolute Gasteiger partial charge is 0.378 e. The van der Waals surface area contributed by atoms with Crippen molar-refractivity contribution in [1.82, 2.24) is 14.5 Å². The lowest BCUT2D eigenvalue weighted by Gasteiger charge is -2.26. The number of morpholine rings is 1. The van der Waals surface area contributed by atoms with Crippen LogP contribution in [0.5, 0.6) is 0 Å². The van der Waals surface area contributed by atoms with Crippen LogP contribution in [-0.2, 0) is 22.3 Å². The summed E-state index contributed by atoms with van der Waals surface area (Å²) in [4.78, 5) is 18.0. The van der Waals surface area contributed by atoms with Crippen molar-refractivity contribution in [1.29, 1.82) is 0 Å². The van der Waals surface area contributed by atoms with Gasteiger partial charge in [0.1, 0.15) is 6.54 Å². The van der Waals surface area contributed by atoms with Crippen LogP contribution < -0.4 is 0 Å². The summed E-state index contributed by atoms with van der Waals surface area (Å²) < 4.78 is 44.4. The molecular weight excluding hydrogens is 351 g/mol.